The van der Waals surface area contributed by atoms with Crippen molar-refractivity contribution in [3.63, 3.8) is 0 Å². The minimum Gasteiger partial charge on any atom is -0.492 e. The number of nitrogens with one attached hydrogen (secondary N) is 2. The number of ether oxygens (including phenoxy) is 1. The number of sulfonamides is 2. The SMILES string of the molecule is CNS(=O)(=O)c1cccc(C(=O)NCCOc2ccc(S(=O)(=O)N3CCCCC3)cc2)c1. The first-order valence-corrected chi connectivity index (χ1v) is 13.2. The van der Waals surface area contributed by atoms with Crippen molar-refractivity contribution in [1.82, 2.24) is 14.3 Å². The van der Waals surface area contributed by atoms with Crippen molar-refractivity contribution in [3.8, 4) is 5.75 Å². The van der Waals surface area contributed by atoms with Gasteiger partial charge >= 0.3 is 0 Å². The first-order valence-electron chi connectivity index (χ1n) is 10.3. The highest BCUT2D eigenvalue weighted by Gasteiger charge is 2.25. The van der Waals surface area contributed by atoms with E-state index in [0.29, 0.717) is 18.8 Å². The van der Waals surface area contributed by atoms with Gasteiger partial charge < -0.3 is 10.1 Å². The largest absolute Gasteiger partial charge is 0.492 e. The molecule has 0 aliphatic carbocycles. The standard InChI is InChI=1S/C21H27N3O6S2/c1-22-31(26,27)20-7-5-6-17(16-20)21(25)23-12-15-30-18-8-10-19(11-9-18)32(28,29)24-13-3-2-4-14-24/h5-11,16,22H,2-4,12-15H2,1H3,(H,23,25). The van der Waals surface area contributed by atoms with Gasteiger partial charge in [-0.3, -0.25) is 4.79 Å². The minimum absolute atomic E-state index is 0.00324. The second-order valence-electron chi connectivity index (χ2n) is 7.28. The normalized spacial score (nSPS) is 15.3. The number of carbonyl (C=O) groups excluding carboxylic acids is 1. The van der Waals surface area contributed by atoms with E-state index in [4.69, 9.17) is 4.74 Å². The van der Waals surface area contributed by atoms with E-state index in [1.54, 1.807) is 12.1 Å². The molecular weight excluding hydrogens is 454 g/mol. The van der Waals surface area contributed by atoms with Crippen molar-refractivity contribution in [1.29, 1.82) is 0 Å². The van der Waals surface area contributed by atoms with Crippen molar-refractivity contribution in [2.45, 2.75) is 29.1 Å². The number of hydrogen-bond donors (Lipinski definition) is 2. The highest BCUT2D eigenvalue weighted by molar-refractivity contribution is 7.89. The Morgan fingerprint density at radius 2 is 1.66 bits per heavy atom. The van der Waals surface area contributed by atoms with Crippen LogP contribution in [0.5, 0.6) is 5.75 Å². The second-order valence-corrected chi connectivity index (χ2v) is 11.1. The van der Waals surface area contributed by atoms with Gasteiger partial charge in [0.2, 0.25) is 20.0 Å². The van der Waals surface area contributed by atoms with Crippen LogP contribution in [0.2, 0.25) is 0 Å². The molecule has 11 heteroatoms. The van der Waals surface area contributed by atoms with Gasteiger partial charge in [-0.25, -0.2) is 21.6 Å². The molecule has 0 atom stereocenters. The van der Waals surface area contributed by atoms with Crippen LogP contribution in [0, 0.1) is 0 Å². The van der Waals surface area contributed by atoms with Gasteiger partial charge in [0.05, 0.1) is 16.3 Å². The van der Waals surface area contributed by atoms with Crippen LogP contribution in [0.15, 0.2) is 58.3 Å². The molecule has 0 unspecified atom stereocenters. The Hall–Kier alpha value is -2.47. The summed E-state index contributed by atoms with van der Waals surface area (Å²) >= 11 is 0. The van der Waals surface area contributed by atoms with Crippen molar-refractivity contribution in [3.05, 3.63) is 54.1 Å². The summed E-state index contributed by atoms with van der Waals surface area (Å²) in [5, 5.41) is 2.66. The Labute approximate surface area is 188 Å². The van der Waals surface area contributed by atoms with E-state index in [1.165, 1.54) is 47.8 Å². The van der Waals surface area contributed by atoms with E-state index in [2.05, 4.69) is 10.0 Å². The maximum absolute atomic E-state index is 12.7. The van der Waals surface area contributed by atoms with Crippen LogP contribution in [0.4, 0.5) is 0 Å². The maximum atomic E-state index is 12.7. The summed E-state index contributed by atoms with van der Waals surface area (Å²) in [4.78, 5) is 12.5. The molecule has 1 aliphatic heterocycles. The van der Waals surface area contributed by atoms with Crippen molar-refractivity contribution < 1.29 is 26.4 Å². The zero-order valence-corrected chi connectivity index (χ0v) is 19.4. The molecule has 2 N–H and O–H groups in total. The van der Waals surface area contributed by atoms with E-state index >= 15 is 0 Å². The lowest BCUT2D eigenvalue weighted by Gasteiger charge is -2.25. The molecule has 1 aliphatic rings. The van der Waals surface area contributed by atoms with Crippen molar-refractivity contribution >= 4 is 26.0 Å². The molecule has 0 bridgehead atoms. The van der Waals surface area contributed by atoms with Crippen LogP contribution in [0.1, 0.15) is 29.6 Å². The van der Waals surface area contributed by atoms with E-state index in [-0.39, 0.29) is 28.5 Å². The summed E-state index contributed by atoms with van der Waals surface area (Å²) in [6, 6.07) is 11.9. The average molecular weight is 482 g/mol. The number of carbonyl (C=O) groups is 1. The summed E-state index contributed by atoms with van der Waals surface area (Å²) in [7, 11) is -5.83. The Morgan fingerprint density at radius 3 is 2.31 bits per heavy atom. The van der Waals surface area contributed by atoms with Gasteiger partial charge in [-0.15, -0.1) is 0 Å². The Bertz CT molecular complexity index is 1140. The molecule has 174 valence electrons. The van der Waals surface area contributed by atoms with Crippen LogP contribution in [-0.4, -0.2) is 60.3 Å². The maximum Gasteiger partial charge on any atom is 0.251 e. The zero-order valence-electron chi connectivity index (χ0n) is 17.8. The smallest absolute Gasteiger partial charge is 0.251 e. The van der Waals surface area contributed by atoms with Gasteiger partial charge in [0.25, 0.3) is 5.91 Å². The second kappa shape index (κ2) is 10.4. The third-order valence-electron chi connectivity index (χ3n) is 5.11. The highest BCUT2D eigenvalue weighted by atomic mass is 32.2. The van der Waals surface area contributed by atoms with E-state index in [9.17, 15) is 21.6 Å². The fourth-order valence-electron chi connectivity index (χ4n) is 3.32. The third-order valence-corrected chi connectivity index (χ3v) is 8.43. The monoisotopic (exact) mass is 481 g/mol. The number of rotatable bonds is 9. The van der Waals surface area contributed by atoms with Gasteiger partial charge in [-0.05, 0) is 62.4 Å². The Kier molecular flexibility index (Phi) is 7.88. The topological polar surface area (TPSA) is 122 Å². The molecule has 0 spiro atoms. The lowest BCUT2D eigenvalue weighted by molar-refractivity contribution is 0.0946. The van der Waals surface area contributed by atoms with Crippen LogP contribution in [0.25, 0.3) is 0 Å². The molecule has 0 radical (unpaired) electrons. The first kappa shape index (κ1) is 24.2. The van der Waals surface area contributed by atoms with Gasteiger partial charge in [0.15, 0.2) is 0 Å². The number of amides is 1. The lowest BCUT2D eigenvalue weighted by atomic mass is 10.2. The van der Waals surface area contributed by atoms with Crippen LogP contribution in [-0.2, 0) is 20.0 Å². The number of benzene rings is 2. The summed E-state index contributed by atoms with van der Waals surface area (Å²) in [6.45, 7) is 1.45. The quantitative estimate of drug-likeness (QED) is 0.525. The molecule has 3 rings (SSSR count). The fourth-order valence-corrected chi connectivity index (χ4v) is 5.61. The van der Waals surface area contributed by atoms with Gasteiger partial charge in [0.1, 0.15) is 12.4 Å². The molecule has 1 saturated heterocycles. The molecule has 1 amide bonds. The molecule has 1 fully saturated rings. The summed E-state index contributed by atoms with van der Waals surface area (Å²) in [5.74, 6) is 0.0590. The predicted octanol–water partition coefficient (Wildman–Crippen LogP) is 1.58. The molecule has 9 nitrogen and oxygen atoms in total. The minimum atomic E-state index is -3.64. The molecular formula is C21H27N3O6S2. The van der Waals surface area contributed by atoms with Crippen LogP contribution < -0.4 is 14.8 Å². The average Bonchev–Trinajstić information content (AvgIpc) is 2.82. The Morgan fingerprint density at radius 1 is 0.969 bits per heavy atom. The van der Waals surface area contributed by atoms with Gasteiger partial charge in [-0.2, -0.15) is 4.31 Å². The van der Waals surface area contributed by atoms with Crippen LogP contribution >= 0.6 is 0 Å². The number of piperidine rings is 1. The molecule has 0 aromatic heterocycles. The molecule has 2 aromatic rings. The van der Waals surface area contributed by atoms with Gasteiger partial charge in [-0.1, -0.05) is 12.5 Å². The summed E-state index contributed by atoms with van der Waals surface area (Å²) in [6.07, 6.45) is 2.80. The molecule has 2 aromatic carbocycles. The number of nitrogens with zero attached hydrogens (tertiary/aromatic N) is 1. The zero-order chi connectivity index (χ0) is 23.2. The molecule has 1 heterocycles. The first-order chi connectivity index (χ1) is 15.2. The van der Waals surface area contributed by atoms with Crippen molar-refractivity contribution in [2.75, 3.05) is 33.3 Å². The molecule has 32 heavy (non-hydrogen) atoms. The Balaban J connectivity index is 1.51. The van der Waals surface area contributed by atoms with E-state index < -0.39 is 26.0 Å². The van der Waals surface area contributed by atoms with Crippen molar-refractivity contribution in [2.24, 2.45) is 0 Å². The predicted molar refractivity (Wildman–Crippen MR) is 120 cm³/mol. The van der Waals surface area contributed by atoms with Crippen LogP contribution in [0.3, 0.4) is 0 Å². The fraction of sp³-hybridized carbons (Fsp3) is 0.381. The summed E-state index contributed by atoms with van der Waals surface area (Å²) < 4.78 is 58.4. The number of hydrogen-bond acceptors (Lipinski definition) is 6. The van der Waals surface area contributed by atoms with E-state index in [0.717, 1.165) is 19.3 Å². The molecule has 0 saturated carbocycles. The third kappa shape index (κ3) is 5.85. The highest BCUT2D eigenvalue weighted by Crippen LogP contribution is 2.22. The summed E-state index contributed by atoms with van der Waals surface area (Å²) in [5.41, 5.74) is 0.216. The van der Waals surface area contributed by atoms with Gasteiger partial charge in [0, 0.05) is 18.7 Å². The van der Waals surface area contributed by atoms with E-state index in [1.807, 2.05) is 0 Å². The lowest BCUT2D eigenvalue weighted by Crippen LogP contribution is -2.35.